The summed E-state index contributed by atoms with van der Waals surface area (Å²) < 4.78 is 11.3. The Morgan fingerprint density at radius 2 is 2.14 bits per heavy atom. The van der Waals surface area contributed by atoms with Crippen molar-refractivity contribution in [1.82, 2.24) is 5.32 Å². The van der Waals surface area contributed by atoms with Gasteiger partial charge in [-0.05, 0) is 62.8 Å². The zero-order chi connectivity index (χ0) is 14.9. The second-order valence-electron chi connectivity index (χ2n) is 6.00. The number of hydrogen-bond donors (Lipinski definition) is 1. The van der Waals surface area contributed by atoms with E-state index in [4.69, 9.17) is 9.47 Å². The summed E-state index contributed by atoms with van der Waals surface area (Å²) in [7, 11) is 0. The smallest absolute Gasteiger partial charge is 0.119 e. The van der Waals surface area contributed by atoms with Gasteiger partial charge in [0.05, 0.1) is 6.61 Å². The van der Waals surface area contributed by atoms with E-state index in [1.807, 2.05) is 6.07 Å². The third kappa shape index (κ3) is 6.06. The van der Waals surface area contributed by atoms with Crippen molar-refractivity contribution in [2.75, 3.05) is 26.4 Å². The van der Waals surface area contributed by atoms with Gasteiger partial charge in [-0.2, -0.15) is 0 Å². The van der Waals surface area contributed by atoms with Crippen LogP contribution >= 0.6 is 0 Å². The van der Waals surface area contributed by atoms with Crippen LogP contribution < -0.4 is 10.1 Å². The Balaban J connectivity index is 1.73. The Morgan fingerprint density at radius 1 is 1.33 bits per heavy atom. The first kappa shape index (κ1) is 16.3. The van der Waals surface area contributed by atoms with Crippen molar-refractivity contribution in [2.45, 2.75) is 45.6 Å². The van der Waals surface area contributed by atoms with E-state index in [1.165, 1.54) is 24.8 Å². The van der Waals surface area contributed by atoms with Crippen molar-refractivity contribution in [1.29, 1.82) is 0 Å². The lowest BCUT2D eigenvalue weighted by atomic mass is 9.91. The molecule has 1 aliphatic rings. The molecular weight excluding hydrogens is 262 g/mol. The predicted octanol–water partition coefficient (Wildman–Crippen LogP) is 3.56. The fourth-order valence-corrected chi connectivity index (χ4v) is 3.00. The summed E-state index contributed by atoms with van der Waals surface area (Å²) in [5, 5.41) is 3.61. The van der Waals surface area contributed by atoms with Crippen LogP contribution in [-0.2, 0) is 4.74 Å². The van der Waals surface area contributed by atoms with Gasteiger partial charge in [-0.15, -0.1) is 0 Å². The summed E-state index contributed by atoms with van der Waals surface area (Å²) in [5.74, 6) is 1.79. The number of hydrogen-bond acceptors (Lipinski definition) is 3. The van der Waals surface area contributed by atoms with Crippen molar-refractivity contribution in [3.05, 3.63) is 29.8 Å². The summed E-state index contributed by atoms with van der Waals surface area (Å²) in [6.45, 7) is 7.95. The minimum absolute atomic E-state index is 0.558. The number of aryl methyl sites for hydroxylation is 1. The molecule has 1 N–H and O–H groups in total. The van der Waals surface area contributed by atoms with Gasteiger partial charge in [0.1, 0.15) is 5.75 Å². The first-order chi connectivity index (χ1) is 10.3. The molecule has 3 nitrogen and oxygen atoms in total. The molecule has 1 fully saturated rings. The zero-order valence-corrected chi connectivity index (χ0v) is 13.4. The third-order valence-corrected chi connectivity index (χ3v) is 4.18. The highest BCUT2D eigenvalue weighted by molar-refractivity contribution is 5.27. The van der Waals surface area contributed by atoms with Crippen LogP contribution in [0, 0.1) is 12.8 Å². The van der Waals surface area contributed by atoms with Crippen LogP contribution in [0.4, 0.5) is 0 Å². The van der Waals surface area contributed by atoms with Gasteiger partial charge < -0.3 is 14.8 Å². The molecule has 0 amide bonds. The molecule has 21 heavy (non-hydrogen) atoms. The highest BCUT2D eigenvalue weighted by Gasteiger charge is 2.18. The Hall–Kier alpha value is -1.06. The van der Waals surface area contributed by atoms with Gasteiger partial charge >= 0.3 is 0 Å². The molecule has 2 rings (SSSR count). The molecular formula is C18H29NO2. The number of ether oxygens (including phenoxy) is 2. The maximum absolute atomic E-state index is 5.89. The largest absolute Gasteiger partial charge is 0.494 e. The second kappa shape index (κ2) is 9.06. The fourth-order valence-electron chi connectivity index (χ4n) is 3.00. The molecule has 0 saturated carbocycles. The first-order valence-corrected chi connectivity index (χ1v) is 8.28. The number of rotatable bonds is 8. The molecule has 1 unspecified atom stereocenters. The average Bonchev–Trinajstić information content (AvgIpc) is 2.48. The molecule has 1 aromatic carbocycles. The van der Waals surface area contributed by atoms with E-state index in [0.717, 1.165) is 44.5 Å². The van der Waals surface area contributed by atoms with E-state index in [9.17, 15) is 0 Å². The van der Waals surface area contributed by atoms with Gasteiger partial charge in [0, 0.05) is 19.3 Å². The average molecular weight is 291 g/mol. The van der Waals surface area contributed by atoms with Gasteiger partial charge in [0.2, 0.25) is 0 Å². The summed E-state index contributed by atoms with van der Waals surface area (Å²) in [5.41, 5.74) is 1.25. The van der Waals surface area contributed by atoms with E-state index in [-0.39, 0.29) is 0 Å². The molecule has 1 atom stereocenters. The molecule has 1 heterocycles. The molecule has 1 aliphatic heterocycles. The van der Waals surface area contributed by atoms with Crippen molar-refractivity contribution >= 4 is 0 Å². The van der Waals surface area contributed by atoms with Gasteiger partial charge in [-0.3, -0.25) is 0 Å². The SMILES string of the molecule is CCNC(CCOc1cccc(C)c1)CC1CCOCC1. The van der Waals surface area contributed by atoms with Crippen molar-refractivity contribution in [3.63, 3.8) is 0 Å². The van der Waals surface area contributed by atoms with Crippen LogP contribution in [-0.4, -0.2) is 32.4 Å². The topological polar surface area (TPSA) is 30.5 Å². The number of benzene rings is 1. The van der Waals surface area contributed by atoms with Crippen LogP contribution in [0.25, 0.3) is 0 Å². The number of nitrogens with one attached hydrogen (secondary N) is 1. The lowest BCUT2D eigenvalue weighted by Gasteiger charge is -2.27. The van der Waals surface area contributed by atoms with Crippen LogP contribution in [0.5, 0.6) is 5.75 Å². The molecule has 0 spiro atoms. The zero-order valence-electron chi connectivity index (χ0n) is 13.4. The molecule has 118 valence electrons. The van der Waals surface area contributed by atoms with Crippen LogP contribution in [0.2, 0.25) is 0 Å². The lowest BCUT2D eigenvalue weighted by Crippen LogP contribution is -2.34. The van der Waals surface area contributed by atoms with E-state index >= 15 is 0 Å². The van der Waals surface area contributed by atoms with Gasteiger partial charge in [-0.1, -0.05) is 19.1 Å². The summed E-state index contributed by atoms with van der Waals surface area (Å²) in [4.78, 5) is 0. The van der Waals surface area contributed by atoms with Crippen molar-refractivity contribution < 1.29 is 9.47 Å². The van der Waals surface area contributed by atoms with Gasteiger partial charge in [0.15, 0.2) is 0 Å². The molecule has 3 heteroatoms. The summed E-state index contributed by atoms with van der Waals surface area (Å²) in [6, 6.07) is 8.84. The quantitative estimate of drug-likeness (QED) is 0.794. The summed E-state index contributed by atoms with van der Waals surface area (Å²) >= 11 is 0. The van der Waals surface area contributed by atoms with E-state index in [0.29, 0.717) is 6.04 Å². The minimum atomic E-state index is 0.558. The van der Waals surface area contributed by atoms with E-state index in [2.05, 4.69) is 37.4 Å². The van der Waals surface area contributed by atoms with Crippen LogP contribution in [0.3, 0.4) is 0 Å². The maximum atomic E-state index is 5.89. The monoisotopic (exact) mass is 291 g/mol. The third-order valence-electron chi connectivity index (χ3n) is 4.18. The van der Waals surface area contributed by atoms with E-state index in [1.54, 1.807) is 0 Å². The second-order valence-corrected chi connectivity index (χ2v) is 6.00. The summed E-state index contributed by atoms with van der Waals surface area (Å²) in [6.07, 6.45) is 4.73. The fraction of sp³-hybridized carbons (Fsp3) is 0.667. The standard InChI is InChI=1S/C18H29NO2/c1-3-19-17(14-16-7-10-20-11-8-16)9-12-21-18-6-4-5-15(2)13-18/h4-6,13,16-17,19H,3,7-12,14H2,1-2H3. The molecule has 0 aromatic heterocycles. The molecule has 1 aromatic rings. The van der Waals surface area contributed by atoms with Crippen LogP contribution in [0.1, 0.15) is 38.2 Å². The first-order valence-electron chi connectivity index (χ1n) is 8.28. The minimum Gasteiger partial charge on any atom is -0.494 e. The molecule has 1 saturated heterocycles. The normalized spacial score (nSPS) is 17.6. The molecule has 0 aliphatic carbocycles. The van der Waals surface area contributed by atoms with Crippen LogP contribution in [0.15, 0.2) is 24.3 Å². The Bertz CT molecular complexity index is 402. The highest BCUT2D eigenvalue weighted by Crippen LogP contribution is 2.21. The van der Waals surface area contributed by atoms with Crippen molar-refractivity contribution in [3.8, 4) is 5.75 Å². The van der Waals surface area contributed by atoms with Crippen molar-refractivity contribution in [2.24, 2.45) is 5.92 Å². The molecule has 0 radical (unpaired) electrons. The molecule has 0 bridgehead atoms. The predicted molar refractivity (Wildman–Crippen MR) is 86.9 cm³/mol. The maximum Gasteiger partial charge on any atom is 0.119 e. The Kier molecular flexibility index (Phi) is 7.04. The Labute approximate surface area is 129 Å². The highest BCUT2D eigenvalue weighted by atomic mass is 16.5. The van der Waals surface area contributed by atoms with E-state index < -0.39 is 0 Å². The van der Waals surface area contributed by atoms with Gasteiger partial charge in [-0.25, -0.2) is 0 Å². The lowest BCUT2D eigenvalue weighted by molar-refractivity contribution is 0.0597. The van der Waals surface area contributed by atoms with Gasteiger partial charge in [0.25, 0.3) is 0 Å². The Morgan fingerprint density at radius 3 is 2.86 bits per heavy atom.